The quantitative estimate of drug-likeness (QED) is 0.849. The highest BCUT2D eigenvalue weighted by Crippen LogP contribution is 2.24. The lowest BCUT2D eigenvalue weighted by molar-refractivity contribution is -0.117. The monoisotopic (exact) mass is 368 g/mol. The molecule has 0 unspecified atom stereocenters. The SMILES string of the molecule is Cc1nn(CC(C)C)c(C)c1CC(=O)Nc1cccc(N2CCCC2=O)c1. The van der Waals surface area contributed by atoms with Gasteiger partial charge in [-0.3, -0.25) is 14.3 Å². The molecule has 6 heteroatoms. The Balaban J connectivity index is 1.70. The van der Waals surface area contributed by atoms with Crippen LogP contribution < -0.4 is 10.2 Å². The molecule has 1 fully saturated rings. The number of rotatable bonds is 6. The molecule has 2 amide bonds. The molecular formula is C21H28N4O2. The molecule has 2 aromatic rings. The minimum Gasteiger partial charge on any atom is -0.326 e. The molecule has 0 saturated carbocycles. The highest BCUT2D eigenvalue weighted by molar-refractivity contribution is 5.97. The van der Waals surface area contributed by atoms with Gasteiger partial charge in [0.2, 0.25) is 11.8 Å². The van der Waals surface area contributed by atoms with Gasteiger partial charge in [0.15, 0.2) is 0 Å². The number of aromatic nitrogens is 2. The second-order valence-corrected chi connectivity index (χ2v) is 7.65. The number of carbonyl (C=O) groups excluding carboxylic acids is 2. The zero-order valence-electron chi connectivity index (χ0n) is 16.6. The standard InChI is InChI=1S/C21H28N4O2/c1-14(2)13-25-16(4)19(15(3)23-25)12-20(26)22-17-7-5-8-18(11-17)24-10-6-9-21(24)27/h5,7-8,11,14H,6,9-10,12-13H2,1-4H3,(H,22,26). The number of carbonyl (C=O) groups is 2. The molecule has 0 atom stereocenters. The summed E-state index contributed by atoms with van der Waals surface area (Å²) in [7, 11) is 0. The van der Waals surface area contributed by atoms with Gasteiger partial charge in [-0.15, -0.1) is 0 Å². The molecule has 0 bridgehead atoms. The molecule has 2 heterocycles. The predicted molar refractivity (Wildman–Crippen MR) is 107 cm³/mol. The Hall–Kier alpha value is -2.63. The van der Waals surface area contributed by atoms with Crippen molar-refractivity contribution < 1.29 is 9.59 Å². The number of anilines is 2. The highest BCUT2D eigenvalue weighted by Gasteiger charge is 2.22. The van der Waals surface area contributed by atoms with Crippen LogP contribution >= 0.6 is 0 Å². The number of aryl methyl sites for hydroxylation is 1. The van der Waals surface area contributed by atoms with E-state index in [1.807, 2.05) is 42.8 Å². The van der Waals surface area contributed by atoms with Gasteiger partial charge in [0.05, 0.1) is 12.1 Å². The van der Waals surface area contributed by atoms with Gasteiger partial charge in [0.1, 0.15) is 0 Å². The summed E-state index contributed by atoms with van der Waals surface area (Å²) < 4.78 is 1.99. The first-order chi connectivity index (χ1) is 12.8. The first-order valence-corrected chi connectivity index (χ1v) is 9.58. The van der Waals surface area contributed by atoms with Crippen molar-refractivity contribution in [3.05, 3.63) is 41.2 Å². The van der Waals surface area contributed by atoms with Crippen molar-refractivity contribution in [3.8, 4) is 0 Å². The molecule has 0 radical (unpaired) electrons. The topological polar surface area (TPSA) is 67.2 Å². The lowest BCUT2D eigenvalue weighted by Gasteiger charge is -2.16. The first-order valence-electron chi connectivity index (χ1n) is 9.58. The maximum atomic E-state index is 12.6. The lowest BCUT2D eigenvalue weighted by Crippen LogP contribution is -2.24. The molecule has 27 heavy (non-hydrogen) atoms. The summed E-state index contributed by atoms with van der Waals surface area (Å²) in [6.45, 7) is 9.86. The van der Waals surface area contributed by atoms with Gasteiger partial charge in [-0.1, -0.05) is 19.9 Å². The van der Waals surface area contributed by atoms with Gasteiger partial charge in [-0.05, 0) is 44.4 Å². The van der Waals surface area contributed by atoms with Gasteiger partial charge in [0, 0.05) is 42.1 Å². The summed E-state index contributed by atoms with van der Waals surface area (Å²) in [6.07, 6.45) is 1.77. The van der Waals surface area contributed by atoms with Crippen molar-refractivity contribution in [2.75, 3.05) is 16.8 Å². The summed E-state index contributed by atoms with van der Waals surface area (Å²) in [5.41, 5.74) is 4.49. The molecular weight excluding hydrogens is 340 g/mol. The Bertz CT molecular complexity index is 854. The Morgan fingerprint density at radius 1 is 1.30 bits per heavy atom. The summed E-state index contributed by atoms with van der Waals surface area (Å²) in [4.78, 5) is 26.3. The third-order valence-electron chi connectivity index (χ3n) is 4.92. The van der Waals surface area contributed by atoms with E-state index in [2.05, 4.69) is 24.3 Å². The van der Waals surface area contributed by atoms with Crippen LogP contribution in [0.3, 0.4) is 0 Å². The first kappa shape index (κ1) is 19.1. The average molecular weight is 368 g/mol. The van der Waals surface area contributed by atoms with Gasteiger partial charge in [0.25, 0.3) is 0 Å². The molecule has 3 rings (SSSR count). The molecule has 1 N–H and O–H groups in total. The summed E-state index contributed by atoms with van der Waals surface area (Å²) in [5, 5.41) is 7.54. The van der Waals surface area contributed by atoms with Gasteiger partial charge in [-0.2, -0.15) is 5.10 Å². The molecule has 0 aliphatic carbocycles. The van der Waals surface area contributed by atoms with E-state index in [0.29, 0.717) is 24.4 Å². The number of hydrogen-bond acceptors (Lipinski definition) is 3. The van der Waals surface area contributed by atoms with Crippen LogP contribution in [0.2, 0.25) is 0 Å². The second-order valence-electron chi connectivity index (χ2n) is 7.65. The minimum absolute atomic E-state index is 0.0739. The van der Waals surface area contributed by atoms with Gasteiger partial charge >= 0.3 is 0 Å². The Labute approximate surface area is 160 Å². The Morgan fingerprint density at radius 2 is 2.07 bits per heavy atom. The van der Waals surface area contributed by atoms with Gasteiger partial charge in [-0.25, -0.2) is 0 Å². The van der Waals surface area contributed by atoms with Crippen molar-refractivity contribution in [1.82, 2.24) is 9.78 Å². The van der Waals surface area contributed by atoms with E-state index in [9.17, 15) is 9.59 Å². The third kappa shape index (κ3) is 4.38. The van der Waals surface area contributed by atoms with E-state index in [1.165, 1.54) is 0 Å². The van der Waals surface area contributed by atoms with Gasteiger partial charge < -0.3 is 10.2 Å². The van der Waals surface area contributed by atoms with Crippen LogP contribution in [-0.2, 0) is 22.6 Å². The van der Waals surface area contributed by atoms with Crippen molar-refractivity contribution in [2.24, 2.45) is 5.92 Å². The largest absolute Gasteiger partial charge is 0.326 e. The lowest BCUT2D eigenvalue weighted by atomic mass is 10.1. The van der Waals surface area contributed by atoms with Crippen LogP contribution in [0, 0.1) is 19.8 Å². The van der Waals surface area contributed by atoms with E-state index in [-0.39, 0.29) is 11.8 Å². The van der Waals surface area contributed by atoms with Crippen molar-refractivity contribution in [1.29, 1.82) is 0 Å². The zero-order chi connectivity index (χ0) is 19.6. The fraction of sp³-hybridized carbons (Fsp3) is 0.476. The average Bonchev–Trinajstić information content (AvgIpc) is 3.13. The summed E-state index contributed by atoms with van der Waals surface area (Å²) >= 11 is 0. The van der Waals surface area contributed by atoms with E-state index in [0.717, 1.165) is 42.1 Å². The van der Waals surface area contributed by atoms with Crippen LogP contribution in [0.25, 0.3) is 0 Å². The van der Waals surface area contributed by atoms with Crippen LogP contribution in [0.4, 0.5) is 11.4 Å². The Kier molecular flexibility index (Phi) is 5.63. The predicted octanol–water partition coefficient (Wildman–Crippen LogP) is 3.46. The van der Waals surface area contributed by atoms with E-state index in [4.69, 9.17) is 0 Å². The van der Waals surface area contributed by atoms with E-state index in [1.54, 1.807) is 4.90 Å². The van der Waals surface area contributed by atoms with Crippen LogP contribution in [0.1, 0.15) is 43.6 Å². The number of hydrogen-bond donors (Lipinski definition) is 1. The number of nitrogens with one attached hydrogen (secondary N) is 1. The fourth-order valence-electron chi connectivity index (χ4n) is 3.55. The van der Waals surface area contributed by atoms with Crippen LogP contribution in [0.15, 0.2) is 24.3 Å². The normalized spacial score (nSPS) is 14.3. The molecule has 1 aromatic carbocycles. The van der Waals surface area contributed by atoms with Crippen molar-refractivity contribution >= 4 is 23.2 Å². The Morgan fingerprint density at radius 3 is 2.74 bits per heavy atom. The molecule has 6 nitrogen and oxygen atoms in total. The zero-order valence-corrected chi connectivity index (χ0v) is 16.6. The molecule has 1 aliphatic heterocycles. The molecule has 1 saturated heterocycles. The molecule has 0 spiro atoms. The van der Waals surface area contributed by atoms with Crippen molar-refractivity contribution in [3.63, 3.8) is 0 Å². The summed E-state index contributed by atoms with van der Waals surface area (Å²) in [6, 6.07) is 7.49. The molecule has 1 aliphatic rings. The smallest absolute Gasteiger partial charge is 0.228 e. The van der Waals surface area contributed by atoms with E-state index >= 15 is 0 Å². The number of benzene rings is 1. The summed E-state index contributed by atoms with van der Waals surface area (Å²) in [5.74, 6) is 0.568. The maximum absolute atomic E-state index is 12.6. The number of amides is 2. The molecule has 1 aromatic heterocycles. The van der Waals surface area contributed by atoms with E-state index < -0.39 is 0 Å². The van der Waals surface area contributed by atoms with Crippen LogP contribution in [-0.4, -0.2) is 28.1 Å². The minimum atomic E-state index is -0.0739. The maximum Gasteiger partial charge on any atom is 0.228 e. The number of nitrogens with zero attached hydrogens (tertiary/aromatic N) is 3. The van der Waals surface area contributed by atoms with Crippen molar-refractivity contribution in [2.45, 2.75) is 53.5 Å². The second kappa shape index (κ2) is 7.94. The van der Waals surface area contributed by atoms with Crippen LogP contribution in [0.5, 0.6) is 0 Å². The highest BCUT2D eigenvalue weighted by atomic mass is 16.2. The fourth-order valence-corrected chi connectivity index (χ4v) is 3.55. The molecule has 144 valence electrons. The third-order valence-corrected chi connectivity index (χ3v) is 4.92.